The molecule has 216 valence electrons. The molecule has 0 bridgehead atoms. The summed E-state index contributed by atoms with van der Waals surface area (Å²) in [6.07, 6.45) is 3.57. The number of urea groups is 1. The fraction of sp³-hybridized carbons (Fsp3) is 0.257. The predicted octanol–water partition coefficient (Wildman–Crippen LogP) is 5.48. The number of carbonyl (C=O) groups is 3. The van der Waals surface area contributed by atoms with Gasteiger partial charge in [-0.05, 0) is 83.0 Å². The molecule has 4 amide bonds. The van der Waals surface area contributed by atoms with E-state index in [-0.39, 0.29) is 0 Å². The average Bonchev–Trinajstić information content (AvgIpc) is 3.75. The molecule has 0 aromatic heterocycles. The molecule has 2 atom stereocenters. The number of imide groups is 1. The second kappa shape index (κ2) is 10.4. The van der Waals surface area contributed by atoms with Gasteiger partial charge < -0.3 is 10.1 Å². The van der Waals surface area contributed by atoms with E-state index in [1.165, 1.54) is 16.1 Å². The van der Waals surface area contributed by atoms with Crippen molar-refractivity contribution in [2.24, 2.45) is 5.10 Å². The van der Waals surface area contributed by atoms with Crippen molar-refractivity contribution in [1.82, 2.24) is 15.2 Å². The second-order valence-corrected chi connectivity index (χ2v) is 11.6. The van der Waals surface area contributed by atoms with Crippen LogP contribution in [-0.4, -0.2) is 47.1 Å². The lowest BCUT2D eigenvalue weighted by Crippen LogP contribution is -2.43. The van der Waals surface area contributed by atoms with Crippen molar-refractivity contribution in [3.05, 3.63) is 113 Å². The van der Waals surface area contributed by atoms with Crippen molar-refractivity contribution in [1.29, 1.82) is 0 Å². The van der Waals surface area contributed by atoms with Crippen LogP contribution in [-0.2, 0) is 28.0 Å². The van der Waals surface area contributed by atoms with E-state index in [2.05, 4.69) is 17.4 Å². The summed E-state index contributed by atoms with van der Waals surface area (Å²) in [6, 6.07) is 26.8. The molecule has 0 saturated carbocycles. The van der Waals surface area contributed by atoms with Gasteiger partial charge in [-0.3, -0.25) is 14.5 Å². The third-order valence-corrected chi connectivity index (χ3v) is 8.99. The number of methoxy groups -OCH3 is 1. The number of hydrogen-bond donors (Lipinski definition) is 1. The monoisotopic (exact) mass is 572 g/mol. The molecule has 2 heterocycles. The Morgan fingerprint density at radius 2 is 1.72 bits per heavy atom. The summed E-state index contributed by atoms with van der Waals surface area (Å²) in [5.74, 6) is -0.165. The van der Waals surface area contributed by atoms with E-state index in [9.17, 15) is 14.4 Å². The highest BCUT2D eigenvalue weighted by Crippen LogP contribution is 2.36. The van der Waals surface area contributed by atoms with E-state index in [0.717, 1.165) is 57.3 Å². The fourth-order valence-corrected chi connectivity index (χ4v) is 6.50. The van der Waals surface area contributed by atoms with Crippen LogP contribution in [0.3, 0.4) is 0 Å². The third kappa shape index (κ3) is 4.63. The molecule has 2 aliphatic heterocycles. The van der Waals surface area contributed by atoms with Crippen LogP contribution in [0.15, 0.2) is 90.0 Å². The van der Waals surface area contributed by atoms with Gasteiger partial charge >= 0.3 is 6.03 Å². The van der Waals surface area contributed by atoms with Gasteiger partial charge in [0.2, 0.25) is 0 Å². The van der Waals surface area contributed by atoms with Gasteiger partial charge in [0.1, 0.15) is 17.8 Å². The van der Waals surface area contributed by atoms with Gasteiger partial charge in [-0.1, -0.05) is 66.7 Å². The van der Waals surface area contributed by atoms with Gasteiger partial charge in [-0.2, -0.15) is 5.10 Å². The minimum Gasteiger partial charge on any atom is -0.497 e. The Morgan fingerprint density at radius 3 is 2.51 bits per heavy atom. The second-order valence-electron chi connectivity index (χ2n) is 11.6. The normalized spacial score (nSPS) is 21.3. The summed E-state index contributed by atoms with van der Waals surface area (Å²) in [5, 5.41) is 11.3. The molecule has 1 aliphatic carbocycles. The Bertz CT molecular complexity index is 1810. The zero-order valence-corrected chi connectivity index (χ0v) is 24.2. The Balaban J connectivity index is 1.18. The highest BCUT2D eigenvalue weighted by Gasteiger charge is 2.50. The maximum atomic E-state index is 13.9. The maximum absolute atomic E-state index is 13.9. The number of fused-ring (bicyclic) bond motifs is 2. The van der Waals surface area contributed by atoms with Gasteiger partial charge in [0.15, 0.2) is 0 Å². The smallest absolute Gasteiger partial charge is 0.325 e. The van der Waals surface area contributed by atoms with Crippen LogP contribution in [0.4, 0.5) is 4.79 Å². The van der Waals surface area contributed by atoms with Crippen molar-refractivity contribution in [2.75, 3.05) is 13.7 Å². The zero-order chi connectivity index (χ0) is 29.7. The largest absolute Gasteiger partial charge is 0.497 e. The molecule has 1 N–H and O–H groups in total. The Labute approximate surface area is 249 Å². The number of hydrogen-bond acceptors (Lipinski definition) is 5. The zero-order valence-electron chi connectivity index (χ0n) is 24.2. The Hall–Kier alpha value is -4.98. The van der Waals surface area contributed by atoms with E-state index < -0.39 is 36.0 Å². The lowest BCUT2D eigenvalue weighted by atomic mass is 9.89. The molecule has 8 nitrogen and oxygen atoms in total. The predicted molar refractivity (Wildman–Crippen MR) is 164 cm³/mol. The van der Waals surface area contributed by atoms with E-state index >= 15 is 0 Å². The highest BCUT2D eigenvalue weighted by atomic mass is 16.5. The molecule has 0 radical (unpaired) electrons. The molecule has 0 spiro atoms. The number of nitrogens with one attached hydrogen (secondary N) is 1. The minimum absolute atomic E-state index is 0.399. The first-order valence-corrected chi connectivity index (χ1v) is 14.6. The van der Waals surface area contributed by atoms with E-state index in [0.29, 0.717) is 12.2 Å². The van der Waals surface area contributed by atoms with Crippen molar-refractivity contribution in [3.63, 3.8) is 0 Å². The molecular weight excluding hydrogens is 540 g/mol. The van der Waals surface area contributed by atoms with Gasteiger partial charge in [-0.15, -0.1) is 0 Å². The Kier molecular flexibility index (Phi) is 6.49. The summed E-state index contributed by atoms with van der Waals surface area (Å²) in [7, 11) is 1.61. The summed E-state index contributed by atoms with van der Waals surface area (Å²) in [4.78, 5) is 41.8. The van der Waals surface area contributed by atoms with Crippen molar-refractivity contribution in [2.45, 2.75) is 44.2 Å². The Morgan fingerprint density at radius 1 is 0.953 bits per heavy atom. The third-order valence-electron chi connectivity index (χ3n) is 8.99. The SMILES string of the molecule is COc1ccc(C2CC(c3ccc4ccccc4c3)=NN2C(=O)CN2C(=O)NC(C)(c3ccc4c(c3)CCC4)C2=O)cc1. The first-order valence-electron chi connectivity index (χ1n) is 14.6. The summed E-state index contributed by atoms with van der Waals surface area (Å²) >= 11 is 0. The lowest BCUT2D eigenvalue weighted by Gasteiger charge is -2.25. The van der Waals surface area contributed by atoms with Crippen LogP contribution < -0.4 is 10.1 Å². The van der Waals surface area contributed by atoms with Crippen molar-refractivity contribution >= 4 is 34.3 Å². The van der Waals surface area contributed by atoms with Crippen LogP contribution in [0.2, 0.25) is 0 Å². The van der Waals surface area contributed by atoms with Gasteiger partial charge in [0, 0.05) is 6.42 Å². The topological polar surface area (TPSA) is 91.3 Å². The van der Waals surface area contributed by atoms with Crippen molar-refractivity contribution < 1.29 is 19.1 Å². The lowest BCUT2D eigenvalue weighted by molar-refractivity contribution is -0.140. The summed E-state index contributed by atoms with van der Waals surface area (Å²) in [5.41, 5.74) is 4.56. The number of ether oxygens (including phenoxy) is 1. The molecule has 8 heteroatoms. The molecular formula is C35H32N4O4. The standard InChI is InChI=1S/C35H32N4O4/c1-35(28-15-12-23-8-5-9-26(23)19-28)33(41)38(34(42)36-35)21-32(40)39-31(24-13-16-29(43-2)17-14-24)20-30(37-39)27-11-10-22-6-3-4-7-25(22)18-27/h3-4,6-7,10-19,31H,5,8-9,20-21H2,1-2H3,(H,36,42). The number of amides is 4. The molecule has 7 rings (SSSR count). The van der Waals surface area contributed by atoms with Gasteiger partial charge in [0.05, 0.1) is 18.9 Å². The maximum Gasteiger partial charge on any atom is 0.325 e. The number of nitrogens with zero attached hydrogens (tertiary/aromatic N) is 3. The van der Waals surface area contributed by atoms with Crippen molar-refractivity contribution in [3.8, 4) is 5.75 Å². The molecule has 43 heavy (non-hydrogen) atoms. The first-order chi connectivity index (χ1) is 20.8. The first kappa shape index (κ1) is 26.9. The quantitative estimate of drug-likeness (QED) is 0.310. The van der Waals surface area contributed by atoms with Gasteiger partial charge in [-0.25, -0.2) is 9.80 Å². The van der Waals surface area contributed by atoms with E-state index in [4.69, 9.17) is 9.84 Å². The molecule has 4 aromatic rings. The summed E-state index contributed by atoms with van der Waals surface area (Å²) < 4.78 is 5.33. The summed E-state index contributed by atoms with van der Waals surface area (Å²) in [6.45, 7) is 1.30. The van der Waals surface area contributed by atoms with Crippen LogP contribution >= 0.6 is 0 Å². The minimum atomic E-state index is -1.24. The molecule has 3 aliphatic rings. The van der Waals surface area contributed by atoms with Crippen LogP contribution in [0, 0.1) is 0 Å². The fourth-order valence-electron chi connectivity index (χ4n) is 6.50. The average molecular weight is 573 g/mol. The molecule has 1 saturated heterocycles. The number of hydrazone groups is 1. The highest BCUT2D eigenvalue weighted by molar-refractivity contribution is 6.10. The van der Waals surface area contributed by atoms with Crippen LogP contribution in [0.1, 0.15) is 53.6 Å². The van der Waals surface area contributed by atoms with E-state index in [1.807, 2.05) is 72.8 Å². The number of rotatable bonds is 6. The number of carbonyl (C=O) groups excluding carboxylic acids is 3. The van der Waals surface area contributed by atoms with Gasteiger partial charge in [0.25, 0.3) is 11.8 Å². The van der Waals surface area contributed by atoms with E-state index in [1.54, 1.807) is 14.0 Å². The van der Waals surface area contributed by atoms with Crippen LogP contribution in [0.5, 0.6) is 5.75 Å². The number of benzene rings is 4. The molecule has 4 aromatic carbocycles. The number of aryl methyl sites for hydroxylation is 2. The molecule has 1 fully saturated rings. The molecule has 2 unspecified atom stereocenters. The van der Waals surface area contributed by atoms with Crippen LogP contribution in [0.25, 0.3) is 10.8 Å².